The topological polar surface area (TPSA) is 29.5 Å². The molecule has 0 N–H and O–H groups in total. The number of ether oxygens (including phenoxy) is 1. The molecule has 1 amide bonds. The molecule has 0 spiro atoms. The molecule has 0 saturated heterocycles. The summed E-state index contributed by atoms with van der Waals surface area (Å²) in [5.74, 6) is 0.573. The monoisotopic (exact) mass is 323 g/mol. The highest BCUT2D eigenvalue weighted by Gasteiger charge is 2.13. The number of methoxy groups -OCH3 is 1. The summed E-state index contributed by atoms with van der Waals surface area (Å²) in [5.41, 5.74) is 1.50. The van der Waals surface area contributed by atoms with Crippen LogP contribution in [0.4, 0.5) is 0 Å². The Labute approximate surface area is 134 Å². The zero-order chi connectivity index (χ0) is 15.4. The van der Waals surface area contributed by atoms with Crippen LogP contribution in [0.15, 0.2) is 42.5 Å². The van der Waals surface area contributed by atoms with Gasteiger partial charge in [-0.1, -0.05) is 35.3 Å². The summed E-state index contributed by atoms with van der Waals surface area (Å²) in [6, 6.07) is 12.4. The molecule has 0 aliphatic carbocycles. The fourth-order valence-electron chi connectivity index (χ4n) is 1.96. The Kier molecular flexibility index (Phi) is 5.10. The summed E-state index contributed by atoms with van der Waals surface area (Å²) in [6.45, 7) is 0.451. The quantitative estimate of drug-likeness (QED) is 0.840. The summed E-state index contributed by atoms with van der Waals surface area (Å²) in [6.07, 6.45) is 0. The van der Waals surface area contributed by atoms with Crippen LogP contribution in [0.2, 0.25) is 10.0 Å². The Morgan fingerprint density at radius 2 is 1.90 bits per heavy atom. The third-order valence-electron chi connectivity index (χ3n) is 3.07. The van der Waals surface area contributed by atoms with Crippen molar-refractivity contribution in [1.29, 1.82) is 0 Å². The van der Waals surface area contributed by atoms with Gasteiger partial charge in [-0.05, 0) is 35.9 Å². The highest BCUT2D eigenvalue weighted by molar-refractivity contribution is 6.42. The van der Waals surface area contributed by atoms with E-state index >= 15 is 0 Å². The van der Waals surface area contributed by atoms with Gasteiger partial charge in [-0.3, -0.25) is 4.79 Å². The molecule has 0 aliphatic rings. The van der Waals surface area contributed by atoms with E-state index < -0.39 is 0 Å². The van der Waals surface area contributed by atoms with Crippen molar-refractivity contribution in [2.45, 2.75) is 6.54 Å². The first-order valence-electron chi connectivity index (χ1n) is 6.34. The molecule has 110 valence electrons. The second-order valence-electron chi connectivity index (χ2n) is 4.64. The van der Waals surface area contributed by atoms with Gasteiger partial charge in [-0.15, -0.1) is 0 Å². The normalized spacial score (nSPS) is 10.3. The van der Waals surface area contributed by atoms with Crippen LogP contribution in [0, 0.1) is 0 Å². The maximum atomic E-state index is 12.4. The van der Waals surface area contributed by atoms with Crippen molar-refractivity contribution >= 4 is 29.1 Å². The smallest absolute Gasteiger partial charge is 0.254 e. The molecule has 0 saturated carbocycles. The number of hydrogen-bond donors (Lipinski definition) is 0. The molecule has 3 nitrogen and oxygen atoms in total. The average Bonchev–Trinajstić information content (AvgIpc) is 2.50. The lowest BCUT2D eigenvalue weighted by molar-refractivity contribution is 0.0784. The maximum Gasteiger partial charge on any atom is 0.254 e. The third-order valence-corrected chi connectivity index (χ3v) is 3.81. The number of benzene rings is 2. The molecule has 2 aromatic rings. The van der Waals surface area contributed by atoms with E-state index in [1.165, 1.54) is 0 Å². The van der Waals surface area contributed by atoms with Gasteiger partial charge in [0, 0.05) is 19.2 Å². The van der Waals surface area contributed by atoms with Crippen LogP contribution < -0.4 is 4.74 Å². The molecule has 0 unspecified atom stereocenters. The highest BCUT2D eigenvalue weighted by atomic mass is 35.5. The van der Waals surface area contributed by atoms with E-state index in [1.54, 1.807) is 55.5 Å². The molecule has 2 rings (SSSR count). The second-order valence-corrected chi connectivity index (χ2v) is 5.46. The number of rotatable bonds is 4. The zero-order valence-electron chi connectivity index (χ0n) is 11.8. The summed E-state index contributed by atoms with van der Waals surface area (Å²) >= 11 is 11.9. The van der Waals surface area contributed by atoms with Crippen LogP contribution >= 0.6 is 23.2 Å². The van der Waals surface area contributed by atoms with E-state index in [4.69, 9.17) is 27.9 Å². The van der Waals surface area contributed by atoms with Gasteiger partial charge in [0.2, 0.25) is 0 Å². The van der Waals surface area contributed by atoms with Crippen molar-refractivity contribution in [3.63, 3.8) is 0 Å². The van der Waals surface area contributed by atoms with E-state index in [0.717, 1.165) is 5.56 Å². The third kappa shape index (κ3) is 3.90. The molecule has 0 fully saturated rings. The summed E-state index contributed by atoms with van der Waals surface area (Å²) in [7, 11) is 3.31. The highest BCUT2D eigenvalue weighted by Crippen LogP contribution is 2.23. The van der Waals surface area contributed by atoms with Crippen LogP contribution in [-0.2, 0) is 6.54 Å². The van der Waals surface area contributed by atoms with Crippen molar-refractivity contribution in [2.75, 3.05) is 14.2 Å². The zero-order valence-corrected chi connectivity index (χ0v) is 13.3. The van der Waals surface area contributed by atoms with E-state index in [0.29, 0.717) is 27.9 Å². The molecular weight excluding hydrogens is 309 g/mol. The van der Waals surface area contributed by atoms with Crippen LogP contribution in [-0.4, -0.2) is 25.0 Å². The Bertz CT molecular complexity index is 658. The van der Waals surface area contributed by atoms with Gasteiger partial charge in [0.05, 0.1) is 17.2 Å². The molecular formula is C16H15Cl2NO2. The van der Waals surface area contributed by atoms with Gasteiger partial charge < -0.3 is 9.64 Å². The number of carbonyl (C=O) groups excluding carboxylic acids is 1. The SMILES string of the molecule is COc1cccc(C(=O)N(C)Cc2ccc(Cl)c(Cl)c2)c1. The molecule has 2 aromatic carbocycles. The van der Waals surface area contributed by atoms with Gasteiger partial charge in [-0.2, -0.15) is 0 Å². The Hall–Kier alpha value is -1.71. The predicted molar refractivity (Wildman–Crippen MR) is 85.3 cm³/mol. The molecule has 21 heavy (non-hydrogen) atoms. The lowest BCUT2D eigenvalue weighted by Gasteiger charge is -2.18. The summed E-state index contributed by atoms with van der Waals surface area (Å²) in [4.78, 5) is 14.0. The van der Waals surface area contributed by atoms with Crippen molar-refractivity contribution in [1.82, 2.24) is 4.90 Å². The van der Waals surface area contributed by atoms with Gasteiger partial charge in [0.15, 0.2) is 0 Å². The van der Waals surface area contributed by atoms with Crippen LogP contribution in [0.3, 0.4) is 0 Å². The van der Waals surface area contributed by atoms with Crippen molar-refractivity contribution in [2.24, 2.45) is 0 Å². The fourth-order valence-corrected chi connectivity index (χ4v) is 2.28. The van der Waals surface area contributed by atoms with Gasteiger partial charge >= 0.3 is 0 Å². The standard InChI is InChI=1S/C16H15Cl2NO2/c1-19(10-11-6-7-14(17)15(18)8-11)16(20)12-4-3-5-13(9-12)21-2/h3-9H,10H2,1-2H3. The van der Waals surface area contributed by atoms with Gasteiger partial charge in [0.25, 0.3) is 5.91 Å². The van der Waals surface area contributed by atoms with Crippen LogP contribution in [0.5, 0.6) is 5.75 Å². The molecule has 0 heterocycles. The first-order valence-corrected chi connectivity index (χ1v) is 7.10. The van der Waals surface area contributed by atoms with Crippen molar-refractivity contribution in [3.05, 3.63) is 63.6 Å². The maximum absolute atomic E-state index is 12.4. The van der Waals surface area contributed by atoms with E-state index in [-0.39, 0.29) is 5.91 Å². The van der Waals surface area contributed by atoms with Gasteiger partial charge in [-0.25, -0.2) is 0 Å². The number of amides is 1. The minimum absolute atomic E-state index is 0.0834. The lowest BCUT2D eigenvalue weighted by Crippen LogP contribution is -2.26. The summed E-state index contributed by atoms with van der Waals surface area (Å²) < 4.78 is 5.13. The number of carbonyl (C=O) groups is 1. The Morgan fingerprint density at radius 1 is 1.14 bits per heavy atom. The van der Waals surface area contributed by atoms with E-state index in [1.807, 2.05) is 6.07 Å². The van der Waals surface area contributed by atoms with E-state index in [9.17, 15) is 4.79 Å². The lowest BCUT2D eigenvalue weighted by atomic mass is 10.1. The Morgan fingerprint density at radius 3 is 2.57 bits per heavy atom. The second kappa shape index (κ2) is 6.83. The molecule has 5 heteroatoms. The van der Waals surface area contributed by atoms with Crippen LogP contribution in [0.25, 0.3) is 0 Å². The largest absolute Gasteiger partial charge is 0.497 e. The first-order chi connectivity index (χ1) is 10.0. The van der Waals surface area contributed by atoms with Gasteiger partial charge in [0.1, 0.15) is 5.75 Å². The molecule has 0 radical (unpaired) electrons. The van der Waals surface area contributed by atoms with Crippen molar-refractivity contribution in [3.8, 4) is 5.75 Å². The predicted octanol–water partition coefficient (Wildman–Crippen LogP) is 4.27. The molecule has 0 aliphatic heterocycles. The number of halogens is 2. The minimum Gasteiger partial charge on any atom is -0.497 e. The first kappa shape index (κ1) is 15.7. The molecule has 0 bridgehead atoms. The van der Waals surface area contributed by atoms with Crippen LogP contribution in [0.1, 0.15) is 15.9 Å². The number of hydrogen-bond acceptors (Lipinski definition) is 2. The molecule has 0 atom stereocenters. The van der Waals surface area contributed by atoms with Crippen molar-refractivity contribution < 1.29 is 9.53 Å². The molecule has 0 aromatic heterocycles. The summed E-state index contributed by atoms with van der Waals surface area (Å²) in [5, 5.41) is 0.985. The number of nitrogens with zero attached hydrogens (tertiary/aromatic N) is 1. The average molecular weight is 324 g/mol. The van der Waals surface area contributed by atoms with E-state index in [2.05, 4.69) is 0 Å². The minimum atomic E-state index is -0.0834. The Balaban J connectivity index is 2.13. The fraction of sp³-hybridized carbons (Fsp3) is 0.188.